The molecule has 0 saturated heterocycles. The minimum absolute atomic E-state index is 0.0245. The Hall–Kier alpha value is -1.32. The van der Waals surface area contributed by atoms with Crippen LogP contribution in [0.25, 0.3) is 0 Å². The molecule has 0 aromatic heterocycles. The van der Waals surface area contributed by atoms with Crippen molar-refractivity contribution in [1.82, 2.24) is 5.32 Å². The third kappa shape index (κ3) is 7.73. The van der Waals surface area contributed by atoms with Gasteiger partial charge in [0.05, 0.1) is 6.42 Å². The molecule has 1 atom stereocenters. The number of amides is 1. The molecule has 15 heavy (non-hydrogen) atoms. The summed E-state index contributed by atoms with van der Waals surface area (Å²) in [6.45, 7) is 5.41. The lowest BCUT2D eigenvalue weighted by atomic mass is 10.1. The number of rotatable bonds is 8. The SMILES string of the molecule is C=CC(=O)NC(CCCCC)CC(=O)O. The summed E-state index contributed by atoms with van der Waals surface area (Å²) in [5, 5.41) is 11.3. The number of carbonyl (C=O) groups excluding carboxylic acids is 1. The first-order chi connectivity index (χ1) is 7.10. The molecule has 0 aliphatic carbocycles. The normalized spacial score (nSPS) is 11.8. The summed E-state index contributed by atoms with van der Waals surface area (Å²) in [4.78, 5) is 21.5. The van der Waals surface area contributed by atoms with Crippen LogP contribution in [0, 0.1) is 0 Å². The first-order valence-electron chi connectivity index (χ1n) is 5.24. The van der Waals surface area contributed by atoms with Gasteiger partial charge >= 0.3 is 5.97 Å². The molecule has 0 aliphatic heterocycles. The summed E-state index contributed by atoms with van der Waals surface area (Å²) < 4.78 is 0. The molecule has 1 unspecified atom stereocenters. The topological polar surface area (TPSA) is 66.4 Å². The van der Waals surface area contributed by atoms with Crippen LogP contribution < -0.4 is 5.32 Å². The van der Waals surface area contributed by atoms with E-state index >= 15 is 0 Å². The fourth-order valence-corrected chi connectivity index (χ4v) is 1.34. The highest BCUT2D eigenvalue weighted by Crippen LogP contribution is 2.06. The van der Waals surface area contributed by atoms with E-state index in [4.69, 9.17) is 5.11 Å². The molecule has 0 radical (unpaired) electrons. The quantitative estimate of drug-likeness (QED) is 0.476. The molecular formula is C11H19NO3. The minimum atomic E-state index is -0.888. The molecule has 0 aliphatic rings. The Morgan fingerprint density at radius 1 is 1.47 bits per heavy atom. The molecule has 1 amide bonds. The predicted molar refractivity (Wildman–Crippen MR) is 58.5 cm³/mol. The van der Waals surface area contributed by atoms with Gasteiger partial charge in [-0.25, -0.2) is 0 Å². The monoisotopic (exact) mass is 213 g/mol. The van der Waals surface area contributed by atoms with Gasteiger partial charge in [-0.3, -0.25) is 9.59 Å². The van der Waals surface area contributed by atoms with Crippen LogP contribution in [0.5, 0.6) is 0 Å². The summed E-state index contributed by atoms with van der Waals surface area (Å²) in [6, 6.07) is -0.278. The smallest absolute Gasteiger partial charge is 0.305 e. The maximum Gasteiger partial charge on any atom is 0.305 e. The lowest BCUT2D eigenvalue weighted by Crippen LogP contribution is -2.35. The van der Waals surface area contributed by atoms with E-state index in [1.165, 1.54) is 0 Å². The lowest BCUT2D eigenvalue weighted by molar-refractivity contribution is -0.137. The Labute approximate surface area is 90.4 Å². The number of hydrogen-bond acceptors (Lipinski definition) is 2. The largest absolute Gasteiger partial charge is 0.481 e. The van der Waals surface area contributed by atoms with Crippen molar-refractivity contribution in [2.45, 2.75) is 45.1 Å². The van der Waals surface area contributed by atoms with Crippen molar-refractivity contribution in [2.24, 2.45) is 0 Å². The number of aliphatic carboxylic acids is 1. The Balaban J connectivity index is 3.99. The summed E-state index contributed by atoms with van der Waals surface area (Å²) >= 11 is 0. The molecule has 86 valence electrons. The van der Waals surface area contributed by atoms with Gasteiger partial charge in [-0.15, -0.1) is 0 Å². The lowest BCUT2D eigenvalue weighted by Gasteiger charge is -2.15. The Morgan fingerprint density at radius 2 is 2.13 bits per heavy atom. The highest BCUT2D eigenvalue weighted by molar-refractivity contribution is 5.87. The maximum absolute atomic E-state index is 11.0. The molecule has 0 saturated carbocycles. The molecule has 0 fully saturated rings. The second-order valence-corrected chi connectivity index (χ2v) is 3.50. The molecule has 0 spiro atoms. The molecule has 0 aromatic rings. The fraction of sp³-hybridized carbons (Fsp3) is 0.636. The van der Waals surface area contributed by atoms with Gasteiger partial charge in [0.25, 0.3) is 0 Å². The molecule has 2 N–H and O–H groups in total. The van der Waals surface area contributed by atoms with Crippen molar-refractivity contribution in [3.8, 4) is 0 Å². The highest BCUT2D eigenvalue weighted by atomic mass is 16.4. The van der Waals surface area contributed by atoms with Crippen LogP contribution in [-0.4, -0.2) is 23.0 Å². The number of unbranched alkanes of at least 4 members (excludes halogenated alkanes) is 2. The van der Waals surface area contributed by atoms with Crippen molar-refractivity contribution in [3.63, 3.8) is 0 Å². The average molecular weight is 213 g/mol. The van der Waals surface area contributed by atoms with E-state index in [0.29, 0.717) is 6.42 Å². The van der Waals surface area contributed by atoms with E-state index in [2.05, 4.69) is 18.8 Å². The van der Waals surface area contributed by atoms with Crippen LogP contribution >= 0.6 is 0 Å². The van der Waals surface area contributed by atoms with Crippen molar-refractivity contribution >= 4 is 11.9 Å². The van der Waals surface area contributed by atoms with E-state index in [0.717, 1.165) is 25.3 Å². The van der Waals surface area contributed by atoms with Gasteiger partial charge in [0, 0.05) is 6.04 Å². The zero-order chi connectivity index (χ0) is 11.7. The second kappa shape index (κ2) is 8.03. The van der Waals surface area contributed by atoms with Gasteiger partial charge in [-0.2, -0.15) is 0 Å². The third-order valence-corrected chi connectivity index (χ3v) is 2.11. The summed E-state index contributed by atoms with van der Waals surface area (Å²) in [6.07, 6.45) is 4.92. The number of carbonyl (C=O) groups is 2. The molecule has 0 rings (SSSR count). The zero-order valence-electron chi connectivity index (χ0n) is 9.16. The first-order valence-corrected chi connectivity index (χ1v) is 5.24. The van der Waals surface area contributed by atoms with E-state index in [-0.39, 0.29) is 18.4 Å². The maximum atomic E-state index is 11.0. The van der Waals surface area contributed by atoms with Gasteiger partial charge in [-0.1, -0.05) is 32.8 Å². The molecule has 0 aromatic carbocycles. The fourth-order valence-electron chi connectivity index (χ4n) is 1.34. The van der Waals surface area contributed by atoms with E-state index in [9.17, 15) is 9.59 Å². The van der Waals surface area contributed by atoms with Crippen molar-refractivity contribution < 1.29 is 14.7 Å². The predicted octanol–water partition coefficient (Wildman–Crippen LogP) is 1.71. The number of hydrogen-bond donors (Lipinski definition) is 2. The van der Waals surface area contributed by atoms with Crippen molar-refractivity contribution in [2.75, 3.05) is 0 Å². The van der Waals surface area contributed by atoms with Gasteiger partial charge < -0.3 is 10.4 Å². The van der Waals surface area contributed by atoms with Crippen LogP contribution in [0.15, 0.2) is 12.7 Å². The number of carboxylic acid groups (broad SMARTS) is 1. The van der Waals surface area contributed by atoms with Gasteiger partial charge in [0.1, 0.15) is 0 Å². The van der Waals surface area contributed by atoms with Crippen LogP contribution in [0.2, 0.25) is 0 Å². The summed E-state index contributed by atoms with van der Waals surface area (Å²) in [5.41, 5.74) is 0. The summed E-state index contributed by atoms with van der Waals surface area (Å²) in [7, 11) is 0. The van der Waals surface area contributed by atoms with E-state index < -0.39 is 5.97 Å². The average Bonchev–Trinajstić information content (AvgIpc) is 2.17. The van der Waals surface area contributed by atoms with E-state index in [1.807, 2.05) is 0 Å². The molecule has 4 heteroatoms. The first kappa shape index (κ1) is 13.7. The standard InChI is InChI=1S/C11H19NO3/c1-3-5-6-7-9(8-11(14)15)12-10(13)4-2/h4,9H,2-3,5-8H2,1H3,(H,12,13)(H,14,15). The third-order valence-electron chi connectivity index (χ3n) is 2.11. The molecule has 0 bridgehead atoms. The summed E-state index contributed by atoms with van der Waals surface area (Å²) in [5.74, 6) is -1.20. The Morgan fingerprint density at radius 3 is 2.60 bits per heavy atom. The Kier molecular flexibility index (Phi) is 7.32. The van der Waals surface area contributed by atoms with Crippen LogP contribution in [-0.2, 0) is 9.59 Å². The van der Waals surface area contributed by atoms with Crippen LogP contribution in [0.1, 0.15) is 39.0 Å². The highest BCUT2D eigenvalue weighted by Gasteiger charge is 2.13. The second-order valence-electron chi connectivity index (χ2n) is 3.50. The molecular weight excluding hydrogens is 194 g/mol. The van der Waals surface area contributed by atoms with E-state index in [1.54, 1.807) is 0 Å². The van der Waals surface area contributed by atoms with Crippen molar-refractivity contribution in [3.05, 3.63) is 12.7 Å². The molecule has 4 nitrogen and oxygen atoms in total. The number of carboxylic acids is 1. The van der Waals surface area contributed by atoms with Crippen molar-refractivity contribution in [1.29, 1.82) is 0 Å². The van der Waals surface area contributed by atoms with Gasteiger partial charge in [-0.05, 0) is 12.5 Å². The van der Waals surface area contributed by atoms with Gasteiger partial charge in [0.15, 0.2) is 0 Å². The Bertz CT molecular complexity index is 226. The minimum Gasteiger partial charge on any atom is -0.481 e. The van der Waals surface area contributed by atoms with Gasteiger partial charge in [0.2, 0.25) is 5.91 Å². The zero-order valence-corrected chi connectivity index (χ0v) is 9.16. The molecule has 0 heterocycles. The van der Waals surface area contributed by atoms with Crippen LogP contribution in [0.3, 0.4) is 0 Å². The number of nitrogens with one attached hydrogen (secondary N) is 1. The van der Waals surface area contributed by atoms with Crippen LogP contribution in [0.4, 0.5) is 0 Å².